The molecular weight excluding hydrogens is 431 g/mol. The lowest BCUT2D eigenvalue weighted by Gasteiger charge is -2.09. The highest BCUT2D eigenvalue weighted by molar-refractivity contribution is 7.19. The van der Waals surface area contributed by atoms with Crippen LogP contribution in [-0.4, -0.2) is 21.2 Å². The Labute approximate surface area is 186 Å². The van der Waals surface area contributed by atoms with Crippen LogP contribution in [0.3, 0.4) is 0 Å². The van der Waals surface area contributed by atoms with Crippen molar-refractivity contribution in [1.29, 1.82) is 0 Å². The number of amides is 2. The number of benzene rings is 2. The lowest BCUT2D eigenvalue weighted by atomic mass is 10.1. The number of aromatic nitrogens is 2. The van der Waals surface area contributed by atoms with Crippen molar-refractivity contribution < 1.29 is 14.0 Å². The number of nitrogens with one attached hydrogen (secondary N) is 2. The number of aryl methyl sites for hydroxylation is 3. The molecule has 0 unspecified atom stereocenters. The maximum atomic E-state index is 13.2. The Morgan fingerprint density at radius 3 is 2.19 bits per heavy atom. The molecule has 0 fully saturated rings. The second kappa shape index (κ2) is 8.35. The molecule has 7 nitrogen and oxygen atoms in total. The average molecular weight is 450 g/mol. The van der Waals surface area contributed by atoms with E-state index < -0.39 is 23.2 Å². The topological polar surface area (TPSA) is 92.6 Å². The van der Waals surface area contributed by atoms with Crippen LogP contribution >= 0.6 is 11.3 Å². The molecule has 0 radical (unpaired) electrons. The van der Waals surface area contributed by atoms with Gasteiger partial charge in [-0.3, -0.25) is 14.4 Å². The Kier molecular flexibility index (Phi) is 5.58. The van der Waals surface area contributed by atoms with Gasteiger partial charge in [-0.25, -0.2) is 13.8 Å². The minimum Gasteiger partial charge on any atom is -0.321 e. The highest BCUT2D eigenvalue weighted by Gasteiger charge is 2.26. The van der Waals surface area contributed by atoms with E-state index in [2.05, 4.69) is 15.6 Å². The number of nitrogens with zero attached hydrogens (tertiary/aromatic N) is 2. The van der Waals surface area contributed by atoms with Gasteiger partial charge in [-0.2, -0.15) is 0 Å². The first-order valence-corrected chi connectivity index (χ1v) is 10.5. The molecule has 4 rings (SSSR count). The molecule has 0 spiro atoms. The molecule has 0 aliphatic heterocycles. The molecule has 2 aromatic carbocycles. The molecule has 0 aliphatic rings. The van der Waals surface area contributed by atoms with Crippen molar-refractivity contribution in [3.05, 3.63) is 92.1 Å². The molecule has 2 N–H and O–H groups in total. The van der Waals surface area contributed by atoms with Gasteiger partial charge in [-0.05, 0) is 68.3 Å². The molecule has 32 heavy (non-hydrogen) atoms. The number of thiazole rings is 1. The Balaban J connectivity index is 1.80. The zero-order chi connectivity index (χ0) is 23.0. The third-order valence-electron chi connectivity index (χ3n) is 4.65. The number of anilines is 2. The van der Waals surface area contributed by atoms with E-state index in [9.17, 15) is 18.8 Å². The van der Waals surface area contributed by atoms with E-state index in [1.807, 2.05) is 19.9 Å². The van der Waals surface area contributed by atoms with Crippen molar-refractivity contribution >= 4 is 39.5 Å². The van der Waals surface area contributed by atoms with Crippen LogP contribution in [0.1, 0.15) is 37.0 Å². The summed E-state index contributed by atoms with van der Waals surface area (Å²) in [5, 5.41) is 5.42. The lowest BCUT2D eigenvalue weighted by molar-refractivity contribution is 0.0989. The highest BCUT2D eigenvalue weighted by Crippen LogP contribution is 2.24. The third-order valence-corrected chi connectivity index (χ3v) is 5.69. The van der Waals surface area contributed by atoms with E-state index in [1.165, 1.54) is 30.3 Å². The summed E-state index contributed by atoms with van der Waals surface area (Å²) in [4.78, 5) is 43.5. The van der Waals surface area contributed by atoms with Crippen LogP contribution in [0.5, 0.6) is 0 Å². The van der Waals surface area contributed by atoms with Crippen LogP contribution < -0.4 is 16.2 Å². The minimum atomic E-state index is -0.613. The molecule has 2 aromatic heterocycles. The van der Waals surface area contributed by atoms with Gasteiger partial charge in [0.05, 0.1) is 0 Å². The molecule has 2 amide bonds. The zero-order valence-electron chi connectivity index (χ0n) is 17.5. The Hall–Kier alpha value is -3.85. The maximum Gasteiger partial charge on any atom is 0.274 e. The van der Waals surface area contributed by atoms with Gasteiger partial charge < -0.3 is 10.6 Å². The van der Waals surface area contributed by atoms with Crippen LogP contribution in [0.15, 0.2) is 53.3 Å². The summed E-state index contributed by atoms with van der Waals surface area (Å²) in [6.45, 7) is 5.47. The van der Waals surface area contributed by atoms with Gasteiger partial charge in [0.1, 0.15) is 16.4 Å². The lowest BCUT2D eigenvalue weighted by Crippen LogP contribution is -2.25. The number of rotatable bonds is 4. The fourth-order valence-corrected chi connectivity index (χ4v) is 4.47. The minimum absolute atomic E-state index is 0.0198. The van der Waals surface area contributed by atoms with Crippen LogP contribution in [-0.2, 0) is 0 Å². The van der Waals surface area contributed by atoms with Gasteiger partial charge in [0, 0.05) is 23.1 Å². The first kappa shape index (κ1) is 21.4. The smallest absolute Gasteiger partial charge is 0.274 e. The predicted molar refractivity (Wildman–Crippen MR) is 122 cm³/mol. The van der Waals surface area contributed by atoms with Gasteiger partial charge in [-0.15, -0.1) is 0 Å². The van der Waals surface area contributed by atoms with Crippen LogP contribution in [0.25, 0.3) is 4.96 Å². The van der Waals surface area contributed by atoms with Gasteiger partial charge >= 0.3 is 0 Å². The summed E-state index contributed by atoms with van der Waals surface area (Å²) in [5.41, 5.74) is 2.72. The summed E-state index contributed by atoms with van der Waals surface area (Å²) in [6.07, 6.45) is 0. The SMILES string of the molecule is Cc1cc(C)cc(NC(=O)c2c(C(=O)Nc3ccc(F)cc3)sc3nc(C)cc(=O)n23)c1. The average Bonchev–Trinajstić information content (AvgIpc) is 3.09. The van der Waals surface area contributed by atoms with Gasteiger partial charge in [0.25, 0.3) is 17.4 Å². The number of hydrogen-bond acceptors (Lipinski definition) is 5. The van der Waals surface area contributed by atoms with Crippen molar-refractivity contribution in [2.75, 3.05) is 10.6 Å². The highest BCUT2D eigenvalue weighted by atomic mass is 32.1. The molecule has 4 aromatic rings. The van der Waals surface area contributed by atoms with E-state index in [1.54, 1.807) is 19.1 Å². The number of carbonyl (C=O) groups is 2. The summed E-state index contributed by atoms with van der Waals surface area (Å²) in [6, 6.07) is 12.1. The zero-order valence-corrected chi connectivity index (χ0v) is 18.3. The first-order valence-electron chi connectivity index (χ1n) is 9.71. The van der Waals surface area contributed by atoms with Crippen molar-refractivity contribution in [3.63, 3.8) is 0 Å². The first-order chi connectivity index (χ1) is 15.2. The van der Waals surface area contributed by atoms with Crippen molar-refractivity contribution in [1.82, 2.24) is 9.38 Å². The largest absolute Gasteiger partial charge is 0.321 e. The van der Waals surface area contributed by atoms with Crippen molar-refractivity contribution in [2.45, 2.75) is 20.8 Å². The number of hydrogen-bond donors (Lipinski definition) is 2. The predicted octanol–water partition coefficient (Wildman–Crippen LogP) is 4.32. The van der Waals surface area contributed by atoms with Crippen molar-refractivity contribution in [2.24, 2.45) is 0 Å². The molecule has 0 atom stereocenters. The fraction of sp³-hybridized carbons (Fsp3) is 0.130. The molecule has 0 saturated carbocycles. The quantitative estimate of drug-likeness (QED) is 0.484. The van der Waals surface area contributed by atoms with Crippen LogP contribution in [0.2, 0.25) is 0 Å². The third kappa shape index (κ3) is 4.28. The van der Waals surface area contributed by atoms with Gasteiger partial charge in [0.15, 0.2) is 4.96 Å². The van der Waals surface area contributed by atoms with E-state index in [4.69, 9.17) is 0 Å². The van der Waals surface area contributed by atoms with E-state index in [0.29, 0.717) is 17.1 Å². The molecule has 162 valence electrons. The second-order valence-corrected chi connectivity index (χ2v) is 8.40. The molecule has 0 bridgehead atoms. The summed E-state index contributed by atoms with van der Waals surface area (Å²) in [7, 11) is 0. The molecular formula is C23H19FN4O3S. The maximum absolute atomic E-state index is 13.2. The molecule has 0 saturated heterocycles. The summed E-state index contributed by atoms with van der Waals surface area (Å²) < 4.78 is 14.3. The van der Waals surface area contributed by atoms with Crippen LogP contribution in [0, 0.1) is 26.6 Å². The second-order valence-electron chi connectivity index (χ2n) is 7.43. The number of fused-ring (bicyclic) bond motifs is 1. The monoisotopic (exact) mass is 450 g/mol. The van der Waals surface area contributed by atoms with E-state index in [-0.39, 0.29) is 15.5 Å². The fourth-order valence-electron chi connectivity index (χ4n) is 3.40. The van der Waals surface area contributed by atoms with E-state index in [0.717, 1.165) is 26.9 Å². The van der Waals surface area contributed by atoms with Gasteiger partial charge in [0.2, 0.25) is 0 Å². The molecule has 9 heteroatoms. The Morgan fingerprint density at radius 2 is 1.53 bits per heavy atom. The molecule has 2 heterocycles. The van der Waals surface area contributed by atoms with Crippen LogP contribution in [0.4, 0.5) is 15.8 Å². The Morgan fingerprint density at radius 1 is 0.906 bits per heavy atom. The number of halogens is 1. The van der Waals surface area contributed by atoms with Gasteiger partial charge in [-0.1, -0.05) is 17.4 Å². The van der Waals surface area contributed by atoms with E-state index >= 15 is 0 Å². The Bertz CT molecular complexity index is 1400. The number of carbonyl (C=O) groups excluding carboxylic acids is 2. The normalized spacial score (nSPS) is 10.9. The molecule has 0 aliphatic carbocycles. The summed E-state index contributed by atoms with van der Waals surface area (Å²) in [5.74, 6) is -1.66. The van der Waals surface area contributed by atoms with Crippen molar-refractivity contribution in [3.8, 4) is 0 Å². The summed E-state index contributed by atoms with van der Waals surface area (Å²) >= 11 is 0.933. The standard InChI is InChI=1S/C23H19FN4O3S/c1-12-8-13(2)10-17(9-12)27-21(30)19-20(22(31)26-16-6-4-15(24)5-7-16)32-23-25-14(3)11-18(29)28(19)23/h4-11H,1-3H3,(H,26,31)(H,27,30).